The molecule has 2 rings (SSSR count). The average Bonchev–Trinajstić information content (AvgIpc) is 2.29. The number of nitriles is 1. The number of rotatable bonds is 2. The summed E-state index contributed by atoms with van der Waals surface area (Å²) in [6.07, 6.45) is 2.69. The van der Waals surface area contributed by atoms with Crippen LogP contribution in [0.5, 0.6) is 5.75 Å². The monoisotopic (exact) mass is 217 g/mol. The number of hydrogen-bond acceptors (Lipinski definition) is 3. The maximum atomic E-state index is 10.5. The van der Waals surface area contributed by atoms with Crippen molar-refractivity contribution in [3.8, 4) is 11.8 Å². The second kappa shape index (κ2) is 4.15. The lowest BCUT2D eigenvalue weighted by molar-refractivity contribution is 0.0233. The number of ether oxygens (including phenoxy) is 1. The van der Waals surface area contributed by atoms with Crippen LogP contribution in [0.1, 0.15) is 30.4 Å². The fourth-order valence-corrected chi connectivity index (χ4v) is 2.35. The van der Waals surface area contributed by atoms with Gasteiger partial charge in [-0.15, -0.1) is 0 Å². The summed E-state index contributed by atoms with van der Waals surface area (Å²) in [6.45, 7) is 0. The van der Waals surface area contributed by atoms with Crippen LogP contribution in [0.3, 0.4) is 0 Å². The Morgan fingerprint density at radius 3 is 3.06 bits per heavy atom. The molecule has 0 radical (unpaired) electrons. The predicted octanol–water partition coefficient (Wildman–Crippen LogP) is 2.13. The average molecular weight is 217 g/mol. The molecule has 16 heavy (non-hydrogen) atoms. The van der Waals surface area contributed by atoms with Gasteiger partial charge in [-0.25, -0.2) is 0 Å². The van der Waals surface area contributed by atoms with E-state index < -0.39 is 5.60 Å². The van der Waals surface area contributed by atoms with Crippen LogP contribution in [-0.2, 0) is 12.0 Å². The Morgan fingerprint density at radius 1 is 1.56 bits per heavy atom. The normalized spacial score (nSPS) is 23.3. The molecule has 84 valence electrons. The van der Waals surface area contributed by atoms with Crippen molar-refractivity contribution in [3.63, 3.8) is 0 Å². The highest BCUT2D eigenvalue weighted by Crippen LogP contribution is 2.39. The molecule has 0 amide bonds. The summed E-state index contributed by atoms with van der Waals surface area (Å²) in [4.78, 5) is 0. The van der Waals surface area contributed by atoms with Crippen LogP contribution in [0.15, 0.2) is 18.2 Å². The SMILES string of the molecule is COc1ccc2c(c1)C(O)(CC#N)CCC2. The molecule has 1 unspecified atom stereocenters. The Morgan fingerprint density at radius 2 is 2.38 bits per heavy atom. The highest BCUT2D eigenvalue weighted by atomic mass is 16.5. The zero-order valence-electron chi connectivity index (χ0n) is 9.36. The Balaban J connectivity index is 2.47. The molecule has 0 aliphatic heterocycles. The Kier molecular flexibility index (Phi) is 2.84. The van der Waals surface area contributed by atoms with E-state index in [4.69, 9.17) is 10.00 Å². The third-order valence-corrected chi connectivity index (χ3v) is 3.23. The van der Waals surface area contributed by atoms with E-state index in [-0.39, 0.29) is 6.42 Å². The maximum absolute atomic E-state index is 10.5. The highest BCUT2D eigenvalue weighted by Gasteiger charge is 2.34. The molecule has 1 aromatic rings. The van der Waals surface area contributed by atoms with E-state index in [1.807, 2.05) is 18.2 Å². The second-order valence-corrected chi connectivity index (χ2v) is 4.24. The van der Waals surface area contributed by atoms with Gasteiger partial charge >= 0.3 is 0 Å². The van der Waals surface area contributed by atoms with Crippen LogP contribution < -0.4 is 4.74 Å². The Bertz CT molecular complexity index is 436. The third kappa shape index (κ3) is 1.77. The quantitative estimate of drug-likeness (QED) is 0.825. The lowest BCUT2D eigenvalue weighted by atomic mass is 9.77. The van der Waals surface area contributed by atoms with Gasteiger partial charge in [-0.2, -0.15) is 5.26 Å². The van der Waals surface area contributed by atoms with E-state index >= 15 is 0 Å². The minimum absolute atomic E-state index is 0.146. The molecule has 1 aromatic carbocycles. The molecule has 0 saturated heterocycles. The van der Waals surface area contributed by atoms with Crippen molar-refractivity contribution < 1.29 is 9.84 Å². The molecule has 0 saturated carbocycles. The van der Waals surface area contributed by atoms with Crippen molar-refractivity contribution in [1.29, 1.82) is 5.26 Å². The molecule has 3 heteroatoms. The van der Waals surface area contributed by atoms with Gasteiger partial charge in [0.15, 0.2) is 0 Å². The molecule has 0 heterocycles. The Hall–Kier alpha value is -1.53. The van der Waals surface area contributed by atoms with E-state index in [9.17, 15) is 5.11 Å². The van der Waals surface area contributed by atoms with Crippen LogP contribution in [-0.4, -0.2) is 12.2 Å². The van der Waals surface area contributed by atoms with Gasteiger partial charge in [0.2, 0.25) is 0 Å². The lowest BCUT2D eigenvalue weighted by Gasteiger charge is -2.32. The van der Waals surface area contributed by atoms with Gasteiger partial charge in [0, 0.05) is 0 Å². The molecular weight excluding hydrogens is 202 g/mol. The number of nitrogens with zero attached hydrogens (tertiary/aromatic N) is 1. The van der Waals surface area contributed by atoms with Crippen LogP contribution in [0.2, 0.25) is 0 Å². The van der Waals surface area contributed by atoms with Gasteiger partial charge in [0.25, 0.3) is 0 Å². The van der Waals surface area contributed by atoms with Crippen LogP contribution >= 0.6 is 0 Å². The smallest absolute Gasteiger partial charge is 0.119 e. The van der Waals surface area contributed by atoms with Crippen molar-refractivity contribution in [2.75, 3.05) is 7.11 Å². The van der Waals surface area contributed by atoms with E-state index in [0.717, 1.165) is 29.7 Å². The summed E-state index contributed by atoms with van der Waals surface area (Å²) >= 11 is 0. The summed E-state index contributed by atoms with van der Waals surface area (Å²) in [7, 11) is 1.61. The first kappa shape index (κ1) is 11.0. The molecule has 1 aliphatic carbocycles. The maximum Gasteiger partial charge on any atom is 0.119 e. The molecule has 1 aliphatic rings. The number of methoxy groups -OCH3 is 1. The molecule has 0 fully saturated rings. The van der Waals surface area contributed by atoms with Gasteiger partial charge < -0.3 is 9.84 Å². The molecule has 0 spiro atoms. The fraction of sp³-hybridized carbons (Fsp3) is 0.462. The Labute approximate surface area is 95.3 Å². The minimum Gasteiger partial charge on any atom is -0.497 e. The van der Waals surface area contributed by atoms with Gasteiger partial charge in [0.05, 0.1) is 19.6 Å². The van der Waals surface area contributed by atoms with E-state index in [1.165, 1.54) is 0 Å². The molecule has 1 N–H and O–H groups in total. The van der Waals surface area contributed by atoms with Gasteiger partial charge in [-0.3, -0.25) is 0 Å². The zero-order chi connectivity index (χ0) is 11.6. The van der Waals surface area contributed by atoms with Gasteiger partial charge in [-0.1, -0.05) is 6.07 Å². The van der Waals surface area contributed by atoms with Crippen molar-refractivity contribution in [3.05, 3.63) is 29.3 Å². The van der Waals surface area contributed by atoms with Crippen LogP contribution in [0, 0.1) is 11.3 Å². The predicted molar refractivity (Wildman–Crippen MR) is 60.1 cm³/mol. The first-order valence-electron chi connectivity index (χ1n) is 5.46. The number of hydrogen-bond donors (Lipinski definition) is 1. The topological polar surface area (TPSA) is 53.2 Å². The van der Waals surface area contributed by atoms with Crippen molar-refractivity contribution >= 4 is 0 Å². The number of fused-ring (bicyclic) bond motifs is 1. The molecule has 1 atom stereocenters. The third-order valence-electron chi connectivity index (χ3n) is 3.23. The number of aryl methyl sites for hydroxylation is 1. The highest BCUT2D eigenvalue weighted by molar-refractivity contribution is 5.41. The summed E-state index contributed by atoms with van der Waals surface area (Å²) in [6, 6.07) is 7.80. The van der Waals surface area contributed by atoms with Gasteiger partial charge in [0.1, 0.15) is 11.4 Å². The zero-order valence-corrected chi connectivity index (χ0v) is 9.36. The van der Waals surface area contributed by atoms with E-state index in [2.05, 4.69) is 6.07 Å². The first-order chi connectivity index (χ1) is 7.69. The summed E-state index contributed by atoms with van der Waals surface area (Å²) in [5, 5.41) is 19.3. The van der Waals surface area contributed by atoms with Crippen LogP contribution in [0.4, 0.5) is 0 Å². The van der Waals surface area contributed by atoms with Crippen molar-refractivity contribution in [2.24, 2.45) is 0 Å². The van der Waals surface area contributed by atoms with Crippen molar-refractivity contribution in [2.45, 2.75) is 31.3 Å². The largest absolute Gasteiger partial charge is 0.497 e. The van der Waals surface area contributed by atoms with Crippen LogP contribution in [0.25, 0.3) is 0 Å². The standard InChI is InChI=1S/C13H15NO2/c1-16-11-5-4-10-3-2-6-13(15,7-8-14)12(10)9-11/h4-5,9,15H,2-3,6-7H2,1H3. The molecule has 0 aromatic heterocycles. The fourth-order valence-electron chi connectivity index (χ4n) is 2.35. The molecule has 0 bridgehead atoms. The second-order valence-electron chi connectivity index (χ2n) is 4.24. The number of aliphatic hydroxyl groups is 1. The van der Waals surface area contributed by atoms with E-state index in [0.29, 0.717) is 6.42 Å². The minimum atomic E-state index is -0.989. The first-order valence-corrected chi connectivity index (χ1v) is 5.46. The lowest BCUT2D eigenvalue weighted by Crippen LogP contribution is -2.30. The van der Waals surface area contributed by atoms with E-state index in [1.54, 1.807) is 7.11 Å². The number of benzene rings is 1. The summed E-state index contributed by atoms with van der Waals surface area (Å²) < 4.78 is 5.16. The summed E-state index contributed by atoms with van der Waals surface area (Å²) in [5.41, 5.74) is 1.00. The summed E-state index contributed by atoms with van der Waals surface area (Å²) in [5.74, 6) is 0.733. The molecular formula is C13H15NO2. The van der Waals surface area contributed by atoms with Crippen molar-refractivity contribution in [1.82, 2.24) is 0 Å². The van der Waals surface area contributed by atoms with Gasteiger partial charge in [-0.05, 0) is 42.5 Å². The molecule has 3 nitrogen and oxygen atoms in total.